The van der Waals surface area contributed by atoms with Gasteiger partial charge in [-0.2, -0.15) is 0 Å². The van der Waals surface area contributed by atoms with Gasteiger partial charge >= 0.3 is 5.97 Å². The van der Waals surface area contributed by atoms with Gasteiger partial charge in [-0.15, -0.1) is 0 Å². The molecule has 1 rings (SSSR count). The van der Waals surface area contributed by atoms with Crippen molar-refractivity contribution in [3.05, 3.63) is 0 Å². The van der Waals surface area contributed by atoms with Gasteiger partial charge in [-0.1, -0.05) is 12.8 Å². The molecule has 0 aromatic heterocycles. The van der Waals surface area contributed by atoms with E-state index in [4.69, 9.17) is 5.11 Å². The second-order valence-corrected chi connectivity index (χ2v) is 7.06. The first-order valence-electron chi connectivity index (χ1n) is 6.00. The predicted octanol–water partition coefficient (Wildman–Crippen LogP) is 0.181. The highest BCUT2D eigenvalue weighted by atomic mass is 32.2. The van der Waals surface area contributed by atoms with Crippen molar-refractivity contribution in [3.63, 3.8) is 0 Å². The van der Waals surface area contributed by atoms with Crippen LogP contribution in [0.15, 0.2) is 0 Å². The third-order valence-electron chi connectivity index (χ3n) is 3.12. The lowest BCUT2D eigenvalue weighted by Gasteiger charge is -2.16. The minimum Gasteiger partial charge on any atom is -0.480 e. The molecule has 104 valence electrons. The summed E-state index contributed by atoms with van der Waals surface area (Å²) < 4.78 is 22.0. The molecule has 1 atom stereocenters. The summed E-state index contributed by atoms with van der Waals surface area (Å²) in [5, 5.41) is 11.4. The molecule has 2 N–H and O–H groups in total. The van der Waals surface area contributed by atoms with E-state index < -0.39 is 21.8 Å². The summed E-state index contributed by atoms with van der Waals surface area (Å²) in [6, 6.07) is -1.12. The maximum absolute atomic E-state index is 11.8. The first-order valence-corrected chi connectivity index (χ1v) is 8.06. The molecule has 0 bridgehead atoms. The number of carbonyl (C=O) groups is 2. The number of hydrogen-bond acceptors (Lipinski definition) is 4. The number of carbonyl (C=O) groups excluding carboxylic acids is 1. The van der Waals surface area contributed by atoms with Crippen molar-refractivity contribution < 1.29 is 23.1 Å². The van der Waals surface area contributed by atoms with Crippen molar-refractivity contribution in [2.24, 2.45) is 5.92 Å². The zero-order valence-electron chi connectivity index (χ0n) is 10.4. The van der Waals surface area contributed by atoms with Gasteiger partial charge < -0.3 is 10.4 Å². The van der Waals surface area contributed by atoms with Gasteiger partial charge in [0.15, 0.2) is 0 Å². The van der Waals surface area contributed by atoms with Gasteiger partial charge in [0.1, 0.15) is 15.9 Å². The Morgan fingerprint density at radius 1 is 1.33 bits per heavy atom. The molecule has 1 saturated carbocycles. The molecule has 1 aliphatic rings. The predicted molar refractivity (Wildman–Crippen MR) is 65.9 cm³/mol. The molecule has 1 amide bonds. The molecule has 1 unspecified atom stereocenters. The standard InChI is InChI=1S/C11H19NO5S/c1-18(16,17)7-6-9(11(14)15)12-10(13)8-4-2-3-5-8/h8-9H,2-7H2,1H3,(H,12,13)(H,14,15). The SMILES string of the molecule is CS(=O)(=O)CCC(NC(=O)C1CCCC1)C(=O)O. The fraction of sp³-hybridized carbons (Fsp3) is 0.818. The van der Waals surface area contributed by atoms with E-state index in [2.05, 4.69) is 5.32 Å². The highest BCUT2D eigenvalue weighted by Gasteiger charge is 2.27. The Bertz CT molecular complexity index is 411. The molecular formula is C11H19NO5S. The molecule has 1 aliphatic carbocycles. The highest BCUT2D eigenvalue weighted by molar-refractivity contribution is 7.90. The van der Waals surface area contributed by atoms with Gasteiger partial charge in [0.05, 0.1) is 5.75 Å². The van der Waals surface area contributed by atoms with E-state index in [0.29, 0.717) is 0 Å². The number of amides is 1. The third-order valence-corrected chi connectivity index (χ3v) is 4.10. The van der Waals surface area contributed by atoms with E-state index in [1.807, 2.05) is 0 Å². The van der Waals surface area contributed by atoms with Crippen LogP contribution >= 0.6 is 0 Å². The number of hydrogen-bond donors (Lipinski definition) is 2. The lowest BCUT2D eigenvalue weighted by atomic mass is 10.1. The summed E-state index contributed by atoms with van der Waals surface area (Å²) in [6.45, 7) is 0. The Labute approximate surface area is 107 Å². The van der Waals surface area contributed by atoms with Crippen LogP contribution < -0.4 is 5.32 Å². The summed E-state index contributed by atoms with van der Waals surface area (Å²) in [5.41, 5.74) is 0. The zero-order chi connectivity index (χ0) is 13.8. The lowest BCUT2D eigenvalue weighted by molar-refractivity contribution is -0.142. The van der Waals surface area contributed by atoms with Gasteiger partial charge in [0.25, 0.3) is 0 Å². The fourth-order valence-electron chi connectivity index (χ4n) is 2.07. The lowest BCUT2D eigenvalue weighted by Crippen LogP contribution is -2.44. The van der Waals surface area contributed by atoms with E-state index in [-0.39, 0.29) is 24.0 Å². The average molecular weight is 277 g/mol. The first-order chi connectivity index (χ1) is 8.29. The van der Waals surface area contributed by atoms with Crippen LogP contribution in [0, 0.1) is 5.92 Å². The van der Waals surface area contributed by atoms with Crippen LogP contribution in [-0.4, -0.2) is 43.5 Å². The van der Waals surface area contributed by atoms with Crippen LogP contribution in [0.1, 0.15) is 32.1 Å². The van der Waals surface area contributed by atoms with E-state index in [1.165, 1.54) is 0 Å². The summed E-state index contributed by atoms with van der Waals surface area (Å²) in [7, 11) is -3.22. The minimum absolute atomic E-state index is 0.0906. The maximum atomic E-state index is 11.8. The molecule has 0 aromatic rings. The highest BCUT2D eigenvalue weighted by Crippen LogP contribution is 2.24. The van der Waals surface area contributed by atoms with E-state index in [0.717, 1.165) is 31.9 Å². The van der Waals surface area contributed by atoms with Crippen molar-refractivity contribution in [2.75, 3.05) is 12.0 Å². The van der Waals surface area contributed by atoms with E-state index >= 15 is 0 Å². The van der Waals surface area contributed by atoms with E-state index in [9.17, 15) is 18.0 Å². The average Bonchev–Trinajstić information content (AvgIpc) is 2.75. The van der Waals surface area contributed by atoms with Crippen molar-refractivity contribution in [3.8, 4) is 0 Å². The zero-order valence-corrected chi connectivity index (χ0v) is 11.2. The molecule has 1 fully saturated rings. The Morgan fingerprint density at radius 3 is 2.33 bits per heavy atom. The molecule has 18 heavy (non-hydrogen) atoms. The summed E-state index contributed by atoms with van der Waals surface area (Å²) >= 11 is 0. The van der Waals surface area contributed by atoms with Gasteiger partial charge in [-0.05, 0) is 19.3 Å². The van der Waals surface area contributed by atoms with Crippen LogP contribution in [-0.2, 0) is 19.4 Å². The number of sulfone groups is 1. The second kappa shape index (κ2) is 6.17. The fourth-order valence-corrected chi connectivity index (χ4v) is 2.73. The molecule has 7 heteroatoms. The number of aliphatic carboxylic acids is 1. The molecule has 0 spiro atoms. The molecule has 0 heterocycles. The van der Waals surface area contributed by atoms with Crippen LogP contribution in [0.25, 0.3) is 0 Å². The topological polar surface area (TPSA) is 101 Å². The molecule has 0 aromatic carbocycles. The van der Waals surface area contributed by atoms with Crippen LogP contribution in [0.4, 0.5) is 0 Å². The molecular weight excluding hydrogens is 258 g/mol. The van der Waals surface area contributed by atoms with Crippen molar-refractivity contribution >= 4 is 21.7 Å². The number of carboxylic acid groups (broad SMARTS) is 1. The van der Waals surface area contributed by atoms with Crippen LogP contribution in [0.5, 0.6) is 0 Å². The third kappa shape index (κ3) is 5.03. The van der Waals surface area contributed by atoms with Crippen molar-refractivity contribution in [2.45, 2.75) is 38.1 Å². The molecule has 6 nitrogen and oxygen atoms in total. The van der Waals surface area contributed by atoms with Crippen molar-refractivity contribution in [1.29, 1.82) is 0 Å². The Kier molecular flexibility index (Phi) is 5.13. The monoisotopic (exact) mass is 277 g/mol. The first kappa shape index (κ1) is 14.9. The number of carboxylic acids is 1. The smallest absolute Gasteiger partial charge is 0.326 e. The van der Waals surface area contributed by atoms with Gasteiger partial charge in [0, 0.05) is 12.2 Å². The van der Waals surface area contributed by atoms with Crippen molar-refractivity contribution in [1.82, 2.24) is 5.32 Å². The molecule has 0 aliphatic heterocycles. The Morgan fingerprint density at radius 2 is 1.89 bits per heavy atom. The molecule has 0 radical (unpaired) electrons. The van der Waals surface area contributed by atoms with Gasteiger partial charge in [0.2, 0.25) is 5.91 Å². The summed E-state index contributed by atoms with van der Waals surface area (Å²) in [5.74, 6) is -1.82. The molecule has 0 saturated heterocycles. The van der Waals surface area contributed by atoms with Crippen LogP contribution in [0.3, 0.4) is 0 Å². The van der Waals surface area contributed by atoms with E-state index in [1.54, 1.807) is 0 Å². The number of rotatable bonds is 6. The number of nitrogens with one attached hydrogen (secondary N) is 1. The normalized spacial score (nSPS) is 18.5. The summed E-state index contributed by atoms with van der Waals surface area (Å²) in [4.78, 5) is 22.7. The summed E-state index contributed by atoms with van der Waals surface area (Å²) in [6.07, 6.45) is 4.49. The Balaban J connectivity index is 2.51. The largest absolute Gasteiger partial charge is 0.480 e. The van der Waals surface area contributed by atoms with Crippen LogP contribution in [0.2, 0.25) is 0 Å². The Hall–Kier alpha value is -1.11. The minimum atomic E-state index is -3.22. The quantitative estimate of drug-likeness (QED) is 0.721. The second-order valence-electron chi connectivity index (χ2n) is 4.80. The maximum Gasteiger partial charge on any atom is 0.326 e. The van der Waals surface area contributed by atoms with Gasteiger partial charge in [-0.3, -0.25) is 4.79 Å². The van der Waals surface area contributed by atoms with Gasteiger partial charge in [-0.25, -0.2) is 13.2 Å².